The van der Waals surface area contributed by atoms with Crippen LogP contribution >= 0.6 is 0 Å². The molecule has 2 heterocycles. The Hall–Kier alpha value is -1.44. The molecule has 2 aliphatic heterocycles. The SMILES string of the molecule is CCS(=O)(=O)N1CCC2C(=O)N(Cc3ccccc3)CCN2CC1. The van der Waals surface area contributed by atoms with Crippen molar-refractivity contribution in [3.63, 3.8) is 0 Å². The average molecular weight is 351 g/mol. The molecule has 0 N–H and O–H groups in total. The first-order valence-corrected chi connectivity index (χ1v) is 10.2. The van der Waals surface area contributed by atoms with E-state index in [-0.39, 0.29) is 17.7 Å². The molecule has 0 radical (unpaired) electrons. The Bertz CT molecular complexity index is 678. The smallest absolute Gasteiger partial charge is 0.240 e. The highest BCUT2D eigenvalue weighted by Crippen LogP contribution is 2.21. The van der Waals surface area contributed by atoms with Crippen molar-refractivity contribution in [3.05, 3.63) is 35.9 Å². The average Bonchev–Trinajstić information content (AvgIpc) is 2.82. The van der Waals surface area contributed by atoms with E-state index in [2.05, 4.69) is 4.90 Å². The van der Waals surface area contributed by atoms with E-state index < -0.39 is 10.0 Å². The van der Waals surface area contributed by atoms with Crippen LogP contribution in [-0.2, 0) is 21.4 Å². The zero-order chi connectivity index (χ0) is 17.2. The second-order valence-electron chi connectivity index (χ2n) is 6.39. The molecule has 1 aromatic carbocycles. The van der Waals surface area contributed by atoms with E-state index in [1.54, 1.807) is 11.2 Å². The van der Waals surface area contributed by atoms with Crippen molar-refractivity contribution in [2.45, 2.75) is 25.9 Å². The molecule has 0 aromatic heterocycles. The van der Waals surface area contributed by atoms with Crippen LogP contribution in [0.2, 0.25) is 0 Å². The van der Waals surface area contributed by atoms with Crippen LogP contribution in [0.5, 0.6) is 0 Å². The van der Waals surface area contributed by atoms with Gasteiger partial charge in [-0.2, -0.15) is 0 Å². The normalized spacial score (nSPS) is 23.8. The van der Waals surface area contributed by atoms with Crippen molar-refractivity contribution >= 4 is 15.9 Å². The number of piperazine rings is 1. The predicted molar refractivity (Wildman–Crippen MR) is 92.9 cm³/mol. The molecule has 6 nitrogen and oxygen atoms in total. The molecule has 7 heteroatoms. The summed E-state index contributed by atoms with van der Waals surface area (Å²) in [6.45, 7) is 5.35. The highest BCUT2D eigenvalue weighted by atomic mass is 32.2. The summed E-state index contributed by atoms with van der Waals surface area (Å²) < 4.78 is 25.8. The topological polar surface area (TPSA) is 60.9 Å². The Balaban J connectivity index is 1.69. The number of rotatable bonds is 4. The number of sulfonamides is 1. The van der Waals surface area contributed by atoms with Gasteiger partial charge >= 0.3 is 0 Å². The Kier molecular flexibility index (Phi) is 5.22. The first-order chi connectivity index (χ1) is 11.5. The molecule has 0 saturated carbocycles. The maximum absolute atomic E-state index is 12.9. The van der Waals surface area contributed by atoms with Crippen molar-refractivity contribution in [2.75, 3.05) is 38.5 Å². The van der Waals surface area contributed by atoms with Crippen molar-refractivity contribution in [3.8, 4) is 0 Å². The fraction of sp³-hybridized carbons (Fsp3) is 0.588. The molecule has 2 saturated heterocycles. The van der Waals surface area contributed by atoms with Gasteiger partial charge in [-0.15, -0.1) is 0 Å². The minimum atomic E-state index is -3.19. The van der Waals surface area contributed by atoms with Gasteiger partial charge in [-0.05, 0) is 18.9 Å². The van der Waals surface area contributed by atoms with E-state index in [1.165, 1.54) is 0 Å². The lowest BCUT2D eigenvalue weighted by molar-refractivity contribution is -0.142. The van der Waals surface area contributed by atoms with Crippen LogP contribution in [0.4, 0.5) is 0 Å². The molecule has 1 unspecified atom stereocenters. The summed E-state index contributed by atoms with van der Waals surface area (Å²) in [5.41, 5.74) is 1.13. The van der Waals surface area contributed by atoms with Gasteiger partial charge in [-0.3, -0.25) is 9.69 Å². The second kappa shape index (κ2) is 7.21. The number of carbonyl (C=O) groups excluding carboxylic acids is 1. The zero-order valence-electron chi connectivity index (χ0n) is 14.1. The Morgan fingerprint density at radius 2 is 1.75 bits per heavy atom. The molecule has 24 heavy (non-hydrogen) atoms. The minimum absolute atomic E-state index is 0.117. The molecule has 132 valence electrons. The van der Waals surface area contributed by atoms with Gasteiger partial charge in [0.15, 0.2) is 0 Å². The molecule has 1 atom stereocenters. The van der Waals surface area contributed by atoms with Crippen molar-refractivity contribution in [1.29, 1.82) is 0 Å². The summed E-state index contributed by atoms with van der Waals surface area (Å²) >= 11 is 0. The first-order valence-electron chi connectivity index (χ1n) is 8.56. The molecule has 1 aromatic rings. The number of fused-ring (bicyclic) bond motifs is 1. The number of carbonyl (C=O) groups is 1. The highest BCUT2D eigenvalue weighted by molar-refractivity contribution is 7.89. The van der Waals surface area contributed by atoms with E-state index in [1.807, 2.05) is 35.2 Å². The molecule has 1 amide bonds. The molecule has 0 aliphatic carbocycles. The summed E-state index contributed by atoms with van der Waals surface area (Å²) in [5, 5.41) is 0. The van der Waals surface area contributed by atoms with Crippen LogP contribution in [0.3, 0.4) is 0 Å². The standard InChI is InChI=1S/C17H25N3O3S/c1-2-24(22,23)20-9-8-16-17(21)19(11-10-18(16)12-13-20)14-15-6-4-3-5-7-15/h3-7,16H,2,8-14H2,1H3. The van der Waals surface area contributed by atoms with Crippen LogP contribution in [0, 0.1) is 0 Å². The molecule has 0 spiro atoms. The number of hydrogen-bond acceptors (Lipinski definition) is 4. The summed E-state index contributed by atoms with van der Waals surface area (Å²) in [7, 11) is -3.19. The summed E-state index contributed by atoms with van der Waals surface area (Å²) in [6.07, 6.45) is 0.573. The number of nitrogens with zero attached hydrogens (tertiary/aromatic N) is 3. The van der Waals surface area contributed by atoms with Crippen LogP contribution < -0.4 is 0 Å². The lowest BCUT2D eigenvalue weighted by atomic mass is 10.1. The van der Waals surface area contributed by atoms with Crippen LogP contribution in [0.15, 0.2) is 30.3 Å². The van der Waals surface area contributed by atoms with Gasteiger partial charge in [0.25, 0.3) is 0 Å². The van der Waals surface area contributed by atoms with Crippen molar-refractivity contribution in [1.82, 2.24) is 14.1 Å². The van der Waals surface area contributed by atoms with Gasteiger partial charge in [-0.25, -0.2) is 12.7 Å². The molecular weight excluding hydrogens is 326 g/mol. The highest BCUT2D eigenvalue weighted by Gasteiger charge is 2.37. The molecule has 0 bridgehead atoms. The van der Waals surface area contributed by atoms with Gasteiger partial charge in [0, 0.05) is 39.3 Å². The summed E-state index contributed by atoms with van der Waals surface area (Å²) in [6, 6.07) is 9.80. The number of amides is 1. The van der Waals surface area contributed by atoms with Gasteiger partial charge in [0.2, 0.25) is 15.9 Å². The fourth-order valence-electron chi connectivity index (χ4n) is 3.50. The zero-order valence-corrected chi connectivity index (χ0v) is 14.9. The molecule has 2 aliphatic rings. The lowest BCUT2D eigenvalue weighted by Crippen LogP contribution is -2.56. The van der Waals surface area contributed by atoms with Crippen LogP contribution in [0.25, 0.3) is 0 Å². The van der Waals surface area contributed by atoms with E-state index in [0.29, 0.717) is 39.1 Å². The lowest BCUT2D eigenvalue weighted by Gasteiger charge is -2.39. The predicted octanol–water partition coefficient (Wildman–Crippen LogP) is 0.755. The quantitative estimate of drug-likeness (QED) is 0.803. The van der Waals surface area contributed by atoms with E-state index >= 15 is 0 Å². The summed E-state index contributed by atoms with van der Waals surface area (Å²) in [5.74, 6) is 0.243. The van der Waals surface area contributed by atoms with E-state index in [4.69, 9.17) is 0 Å². The van der Waals surface area contributed by atoms with Gasteiger partial charge in [-0.1, -0.05) is 30.3 Å². The number of benzene rings is 1. The third-order valence-electron chi connectivity index (χ3n) is 4.96. The van der Waals surface area contributed by atoms with Gasteiger partial charge in [0.05, 0.1) is 11.8 Å². The maximum atomic E-state index is 12.9. The van der Waals surface area contributed by atoms with Crippen LogP contribution in [-0.4, -0.2) is 72.9 Å². The Morgan fingerprint density at radius 3 is 2.46 bits per heavy atom. The first kappa shape index (κ1) is 17.4. The number of hydrogen-bond donors (Lipinski definition) is 0. The fourth-order valence-corrected chi connectivity index (χ4v) is 4.60. The second-order valence-corrected chi connectivity index (χ2v) is 8.64. The molecule has 3 rings (SSSR count). The Morgan fingerprint density at radius 1 is 1.04 bits per heavy atom. The van der Waals surface area contributed by atoms with E-state index in [9.17, 15) is 13.2 Å². The van der Waals surface area contributed by atoms with Crippen LogP contribution in [0.1, 0.15) is 18.9 Å². The van der Waals surface area contributed by atoms with Crippen molar-refractivity contribution in [2.24, 2.45) is 0 Å². The third-order valence-corrected chi connectivity index (χ3v) is 6.84. The van der Waals surface area contributed by atoms with Gasteiger partial charge in [0.1, 0.15) is 0 Å². The largest absolute Gasteiger partial charge is 0.336 e. The van der Waals surface area contributed by atoms with E-state index in [0.717, 1.165) is 12.1 Å². The van der Waals surface area contributed by atoms with Gasteiger partial charge < -0.3 is 4.90 Å². The minimum Gasteiger partial charge on any atom is -0.336 e. The molecule has 2 fully saturated rings. The molecular formula is C17H25N3O3S. The Labute approximate surface area is 144 Å². The third kappa shape index (κ3) is 3.63. The summed E-state index contributed by atoms with van der Waals surface area (Å²) in [4.78, 5) is 16.9. The maximum Gasteiger partial charge on any atom is 0.240 e. The van der Waals surface area contributed by atoms with Crippen molar-refractivity contribution < 1.29 is 13.2 Å². The monoisotopic (exact) mass is 351 g/mol.